The third-order valence-corrected chi connectivity index (χ3v) is 6.86. The molecule has 1 saturated carbocycles. The molecule has 35 heavy (non-hydrogen) atoms. The summed E-state index contributed by atoms with van der Waals surface area (Å²) in [6, 6.07) is 4.70. The Morgan fingerprint density at radius 2 is 2.06 bits per heavy atom. The number of nitrogens with one attached hydrogen (secondary N) is 1. The van der Waals surface area contributed by atoms with E-state index in [-0.39, 0.29) is 0 Å². The highest BCUT2D eigenvalue weighted by Gasteiger charge is 2.25. The fourth-order valence-electron chi connectivity index (χ4n) is 4.39. The number of aromatic nitrogens is 1. The Balaban J connectivity index is 2.15. The Hall–Kier alpha value is -2.66. The number of nitrogens with zero attached hydrogens (tertiary/aromatic N) is 4. The Kier molecular flexibility index (Phi) is 12.0. The first-order valence-corrected chi connectivity index (χ1v) is 13.1. The van der Waals surface area contributed by atoms with Crippen molar-refractivity contribution in [2.75, 3.05) is 32.2 Å². The van der Waals surface area contributed by atoms with Crippen molar-refractivity contribution in [2.24, 2.45) is 10.9 Å². The van der Waals surface area contributed by atoms with Crippen LogP contribution in [0.15, 0.2) is 59.8 Å². The molecule has 0 amide bonds. The van der Waals surface area contributed by atoms with E-state index in [1.807, 2.05) is 19.3 Å². The van der Waals surface area contributed by atoms with Crippen LogP contribution in [0.4, 0.5) is 5.82 Å². The standard InChI is InChI=1S/C30H47N5/c1-9-11-13-23(3)34(8)30-17-16-29(24(4)33-30)25(5)35(22-32-7)19-18-26(12-10-2)20-28(21-31-6)27-14-15-27/h9,16-17,20-21,23,27,32H,1,5-6,10-15,18-19,22H2,2-4,7-8H3/b26-20-,28-21+. The monoisotopic (exact) mass is 477 g/mol. The van der Waals surface area contributed by atoms with Crippen molar-refractivity contribution in [1.29, 1.82) is 0 Å². The Labute approximate surface area is 214 Å². The van der Waals surface area contributed by atoms with E-state index in [0.29, 0.717) is 12.0 Å². The molecule has 1 N–H and O–H groups in total. The van der Waals surface area contributed by atoms with Gasteiger partial charge in [-0.25, -0.2) is 4.98 Å². The van der Waals surface area contributed by atoms with E-state index in [4.69, 9.17) is 4.98 Å². The van der Waals surface area contributed by atoms with E-state index < -0.39 is 0 Å². The maximum Gasteiger partial charge on any atom is 0.128 e. The van der Waals surface area contributed by atoms with Gasteiger partial charge in [0.25, 0.3) is 0 Å². The topological polar surface area (TPSA) is 43.8 Å². The zero-order valence-electron chi connectivity index (χ0n) is 22.8. The molecule has 0 radical (unpaired) electrons. The zero-order chi connectivity index (χ0) is 25.8. The fraction of sp³-hybridized carbons (Fsp3) is 0.533. The molecule has 1 aliphatic rings. The third kappa shape index (κ3) is 8.81. The van der Waals surface area contributed by atoms with Crippen LogP contribution in [0.3, 0.4) is 0 Å². The molecule has 1 atom stereocenters. The lowest BCUT2D eigenvalue weighted by Crippen LogP contribution is -2.32. The number of rotatable bonds is 17. The van der Waals surface area contributed by atoms with E-state index >= 15 is 0 Å². The lowest BCUT2D eigenvalue weighted by molar-refractivity contribution is 0.378. The van der Waals surface area contributed by atoms with Crippen LogP contribution in [0.25, 0.3) is 5.70 Å². The average Bonchev–Trinajstić information content (AvgIpc) is 3.69. The number of anilines is 1. The largest absolute Gasteiger partial charge is 0.358 e. The molecule has 1 aliphatic carbocycles. The van der Waals surface area contributed by atoms with E-state index in [9.17, 15) is 0 Å². The third-order valence-electron chi connectivity index (χ3n) is 6.86. The quantitative estimate of drug-likeness (QED) is 0.117. The summed E-state index contributed by atoms with van der Waals surface area (Å²) in [7, 11) is 4.10. The maximum atomic E-state index is 4.93. The van der Waals surface area contributed by atoms with Crippen LogP contribution < -0.4 is 10.2 Å². The van der Waals surface area contributed by atoms with Crippen molar-refractivity contribution in [2.45, 2.75) is 71.8 Å². The van der Waals surface area contributed by atoms with Crippen LogP contribution in [0, 0.1) is 12.8 Å². The van der Waals surface area contributed by atoms with E-state index in [1.54, 1.807) is 0 Å². The highest BCUT2D eigenvalue weighted by atomic mass is 15.2. The number of pyridine rings is 1. The van der Waals surface area contributed by atoms with Crippen molar-refractivity contribution in [3.63, 3.8) is 0 Å². The van der Waals surface area contributed by atoms with Crippen LogP contribution in [0.2, 0.25) is 0 Å². The molecule has 1 aromatic heterocycles. The van der Waals surface area contributed by atoms with Crippen molar-refractivity contribution >= 4 is 18.2 Å². The molecule has 192 valence electrons. The van der Waals surface area contributed by atoms with Crippen LogP contribution in [-0.2, 0) is 0 Å². The zero-order valence-corrected chi connectivity index (χ0v) is 22.8. The van der Waals surface area contributed by atoms with E-state index in [0.717, 1.165) is 68.1 Å². The van der Waals surface area contributed by atoms with E-state index in [1.165, 1.54) is 24.0 Å². The molecule has 0 aromatic carbocycles. The lowest BCUT2D eigenvalue weighted by atomic mass is 10.0. The minimum atomic E-state index is 0.407. The van der Waals surface area contributed by atoms with Gasteiger partial charge in [-0.15, -0.1) is 6.58 Å². The second-order valence-corrected chi connectivity index (χ2v) is 9.74. The van der Waals surface area contributed by atoms with Crippen molar-refractivity contribution in [1.82, 2.24) is 15.2 Å². The summed E-state index contributed by atoms with van der Waals surface area (Å²) in [5.41, 5.74) is 5.94. The molecule has 0 aliphatic heterocycles. The Bertz CT molecular complexity index is 909. The van der Waals surface area contributed by atoms with Gasteiger partial charge in [0.1, 0.15) is 5.82 Å². The molecule has 0 spiro atoms. The molecule has 0 bridgehead atoms. The summed E-state index contributed by atoms with van der Waals surface area (Å²) in [6.45, 7) is 20.2. The minimum absolute atomic E-state index is 0.407. The van der Waals surface area contributed by atoms with Crippen LogP contribution in [-0.4, -0.2) is 50.0 Å². The highest BCUT2D eigenvalue weighted by Crippen LogP contribution is 2.38. The summed E-state index contributed by atoms with van der Waals surface area (Å²) in [4.78, 5) is 13.6. The summed E-state index contributed by atoms with van der Waals surface area (Å²) >= 11 is 0. The number of aryl methyl sites for hydroxylation is 1. The van der Waals surface area contributed by atoms with Gasteiger partial charge in [-0.05, 0) is 89.8 Å². The SMILES string of the molecule is C=CCCC(C)N(C)c1ccc(C(=C)N(CC/C(=C\C(=C/N=C)C2CC2)CCC)CNC)c(C)n1. The van der Waals surface area contributed by atoms with Gasteiger partial charge < -0.3 is 15.1 Å². The summed E-state index contributed by atoms with van der Waals surface area (Å²) in [6.07, 6.45) is 14.2. The first-order chi connectivity index (χ1) is 16.9. The van der Waals surface area contributed by atoms with Gasteiger partial charge in [0.15, 0.2) is 0 Å². The van der Waals surface area contributed by atoms with Crippen LogP contribution in [0.1, 0.15) is 70.1 Å². The molecule has 1 heterocycles. The van der Waals surface area contributed by atoms with Gasteiger partial charge in [-0.1, -0.05) is 37.6 Å². The summed E-state index contributed by atoms with van der Waals surface area (Å²) in [5.74, 6) is 1.67. The second kappa shape index (κ2) is 14.7. The molecule has 5 heteroatoms. The molecule has 5 nitrogen and oxygen atoms in total. The number of allylic oxidation sites excluding steroid dienone is 3. The number of hydrogen-bond acceptors (Lipinski definition) is 5. The predicted molar refractivity (Wildman–Crippen MR) is 154 cm³/mol. The number of aliphatic imine (C=N–C) groups is 1. The number of hydrogen-bond donors (Lipinski definition) is 1. The Morgan fingerprint density at radius 1 is 1.31 bits per heavy atom. The lowest BCUT2D eigenvalue weighted by Gasteiger charge is -2.29. The molecule has 2 rings (SSSR count). The Morgan fingerprint density at radius 3 is 2.63 bits per heavy atom. The van der Waals surface area contributed by atoms with Gasteiger partial charge in [0, 0.05) is 42.8 Å². The van der Waals surface area contributed by atoms with Crippen LogP contribution in [0.5, 0.6) is 0 Å². The molecule has 0 saturated heterocycles. The molecule has 1 aromatic rings. The molecule has 1 fully saturated rings. The summed E-state index contributed by atoms with van der Waals surface area (Å²) < 4.78 is 0. The average molecular weight is 478 g/mol. The van der Waals surface area contributed by atoms with Gasteiger partial charge in [0.2, 0.25) is 0 Å². The normalized spacial score (nSPS) is 15.0. The first-order valence-electron chi connectivity index (χ1n) is 13.1. The van der Waals surface area contributed by atoms with Crippen LogP contribution >= 0.6 is 0 Å². The molecule has 1 unspecified atom stereocenters. The first kappa shape index (κ1) is 28.6. The predicted octanol–water partition coefficient (Wildman–Crippen LogP) is 6.74. The smallest absolute Gasteiger partial charge is 0.128 e. The van der Waals surface area contributed by atoms with Crippen molar-refractivity contribution in [3.05, 3.63) is 66.0 Å². The van der Waals surface area contributed by atoms with Gasteiger partial charge >= 0.3 is 0 Å². The fourth-order valence-corrected chi connectivity index (χ4v) is 4.39. The molecular formula is C30H47N5. The second-order valence-electron chi connectivity index (χ2n) is 9.74. The van der Waals surface area contributed by atoms with Gasteiger partial charge in [-0.2, -0.15) is 0 Å². The maximum absolute atomic E-state index is 4.93. The van der Waals surface area contributed by atoms with Gasteiger partial charge in [-0.3, -0.25) is 4.99 Å². The minimum Gasteiger partial charge on any atom is -0.358 e. The molecular weight excluding hydrogens is 430 g/mol. The van der Waals surface area contributed by atoms with Gasteiger partial charge in [0.05, 0.1) is 6.67 Å². The van der Waals surface area contributed by atoms with E-state index in [2.05, 4.69) is 86.0 Å². The van der Waals surface area contributed by atoms with Crippen molar-refractivity contribution < 1.29 is 0 Å². The highest BCUT2D eigenvalue weighted by molar-refractivity contribution is 5.65. The summed E-state index contributed by atoms with van der Waals surface area (Å²) in [5, 5.41) is 3.32. The van der Waals surface area contributed by atoms with Crippen molar-refractivity contribution in [3.8, 4) is 0 Å².